The maximum absolute atomic E-state index is 2.47. The Morgan fingerprint density at radius 2 is 1.07 bits per heavy atom. The molecule has 7 aromatic carbocycles. The Hall–Kier alpha value is -4.70. The highest BCUT2D eigenvalue weighted by atomic mass is 32.1. The van der Waals surface area contributed by atoms with E-state index in [1.54, 1.807) is 0 Å². The van der Waals surface area contributed by atoms with Gasteiger partial charge in [0.25, 0.3) is 0 Å². The lowest BCUT2D eigenvalue weighted by Crippen LogP contribution is -1.93. The van der Waals surface area contributed by atoms with Crippen LogP contribution in [-0.4, -0.2) is 4.57 Å². The molecule has 0 spiro atoms. The third-order valence-corrected chi connectivity index (χ3v) is 11.0. The van der Waals surface area contributed by atoms with Gasteiger partial charge in [-0.3, -0.25) is 0 Å². The van der Waals surface area contributed by atoms with Crippen LogP contribution in [0.4, 0.5) is 0 Å². The van der Waals surface area contributed by atoms with Crippen molar-refractivity contribution in [2.75, 3.05) is 0 Å². The van der Waals surface area contributed by atoms with Crippen LogP contribution in [0, 0.1) is 0 Å². The van der Waals surface area contributed by atoms with E-state index in [2.05, 4.69) is 132 Å². The minimum atomic E-state index is 1.21. The number of hydrogen-bond acceptors (Lipinski definition) is 2. The fourth-order valence-corrected chi connectivity index (χ4v) is 9.14. The van der Waals surface area contributed by atoms with Crippen LogP contribution in [0.2, 0.25) is 0 Å². The van der Waals surface area contributed by atoms with Crippen LogP contribution >= 0.6 is 22.7 Å². The Morgan fingerprint density at radius 1 is 0.366 bits per heavy atom. The van der Waals surface area contributed by atoms with Crippen molar-refractivity contribution in [1.82, 2.24) is 4.57 Å². The summed E-state index contributed by atoms with van der Waals surface area (Å²) in [4.78, 5) is 0. The molecule has 0 aliphatic carbocycles. The Labute approximate surface area is 243 Å². The molecule has 10 aromatic rings. The highest BCUT2D eigenvalue weighted by Gasteiger charge is 2.17. The maximum Gasteiger partial charge on any atom is 0.0555 e. The Balaban J connectivity index is 1.32. The van der Waals surface area contributed by atoms with Crippen LogP contribution in [-0.2, 0) is 0 Å². The van der Waals surface area contributed by atoms with E-state index in [-0.39, 0.29) is 0 Å². The molecule has 3 heterocycles. The minimum Gasteiger partial charge on any atom is -0.309 e. The van der Waals surface area contributed by atoms with Gasteiger partial charge in [-0.25, -0.2) is 0 Å². The first-order valence-electron chi connectivity index (χ1n) is 13.9. The highest BCUT2D eigenvalue weighted by Crippen LogP contribution is 2.43. The molecule has 3 heteroatoms. The zero-order chi connectivity index (χ0) is 26.7. The van der Waals surface area contributed by atoms with Crippen molar-refractivity contribution in [3.8, 4) is 5.69 Å². The Kier molecular flexibility index (Phi) is 4.27. The summed E-state index contributed by atoms with van der Waals surface area (Å²) in [6.45, 7) is 0. The van der Waals surface area contributed by atoms with Crippen molar-refractivity contribution in [3.05, 3.63) is 127 Å². The largest absolute Gasteiger partial charge is 0.309 e. The van der Waals surface area contributed by atoms with Gasteiger partial charge in [0.05, 0.1) is 11.0 Å². The van der Waals surface area contributed by atoms with Gasteiger partial charge in [-0.15, -0.1) is 22.7 Å². The fourth-order valence-electron chi connectivity index (χ4n) is 6.87. The number of rotatable bonds is 1. The van der Waals surface area contributed by atoms with Crippen LogP contribution in [0.5, 0.6) is 0 Å². The normalized spacial score (nSPS) is 12.4. The molecule has 0 unspecified atom stereocenters. The molecule has 1 nitrogen and oxygen atoms in total. The van der Waals surface area contributed by atoms with Gasteiger partial charge in [0.15, 0.2) is 0 Å². The lowest BCUT2D eigenvalue weighted by Gasteiger charge is -2.10. The average Bonchev–Trinajstić information content (AvgIpc) is 3.67. The summed E-state index contributed by atoms with van der Waals surface area (Å²) in [7, 11) is 0. The van der Waals surface area contributed by atoms with Gasteiger partial charge >= 0.3 is 0 Å². The van der Waals surface area contributed by atoms with Crippen LogP contribution in [0.3, 0.4) is 0 Å². The first kappa shape index (κ1) is 22.0. The van der Waals surface area contributed by atoms with Gasteiger partial charge in [0.1, 0.15) is 0 Å². The van der Waals surface area contributed by atoms with Gasteiger partial charge in [0.2, 0.25) is 0 Å². The SMILES string of the molecule is c1ccc2cc3c(cc2c1)sc1cc2c(cc13)c1ccccc1n2-c1ccc2ccc3sc4ccccc4c3c2c1. The van der Waals surface area contributed by atoms with Gasteiger partial charge in [-0.05, 0) is 76.1 Å². The molecule has 0 amide bonds. The third kappa shape index (κ3) is 3.00. The number of aromatic nitrogens is 1. The van der Waals surface area contributed by atoms with E-state index in [0.29, 0.717) is 0 Å². The molecule has 0 N–H and O–H groups in total. The minimum absolute atomic E-state index is 1.21. The van der Waals surface area contributed by atoms with E-state index in [1.807, 2.05) is 22.7 Å². The van der Waals surface area contributed by atoms with Crippen molar-refractivity contribution in [1.29, 1.82) is 0 Å². The van der Waals surface area contributed by atoms with Gasteiger partial charge in [-0.1, -0.05) is 72.8 Å². The number of para-hydroxylation sites is 1. The van der Waals surface area contributed by atoms with E-state index in [0.717, 1.165) is 0 Å². The molecule has 0 atom stereocenters. The average molecular weight is 556 g/mol. The lowest BCUT2D eigenvalue weighted by molar-refractivity contribution is 1.19. The summed E-state index contributed by atoms with van der Waals surface area (Å²) in [5.74, 6) is 0. The molecule has 0 saturated heterocycles. The van der Waals surface area contributed by atoms with Crippen molar-refractivity contribution < 1.29 is 0 Å². The Morgan fingerprint density at radius 3 is 2.00 bits per heavy atom. The molecule has 0 saturated carbocycles. The monoisotopic (exact) mass is 555 g/mol. The molecule has 190 valence electrons. The van der Waals surface area contributed by atoms with Gasteiger partial charge in [-0.2, -0.15) is 0 Å². The molecule has 41 heavy (non-hydrogen) atoms. The van der Waals surface area contributed by atoms with E-state index in [4.69, 9.17) is 0 Å². The molecule has 0 radical (unpaired) electrons. The lowest BCUT2D eigenvalue weighted by atomic mass is 10.0. The molecule has 10 rings (SSSR count). The quantitative estimate of drug-likeness (QED) is 0.190. The smallest absolute Gasteiger partial charge is 0.0555 e. The summed E-state index contributed by atoms with van der Waals surface area (Å²) < 4.78 is 7.84. The summed E-state index contributed by atoms with van der Waals surface area (Å²) in [6.07, 6.45) is 0. The number of thiophene rings is 2. The first-order valence-corrected chi connectivity index (χ1v) is 15.6. The van der Waals surface area contributed by atoms with Crippen LogP contribution < -0.4 is 0 Å². The van der Waals surface area contributed by atoms with E-state index in [1.165, 1.54) is 89.4 Å². The number of nitrogens with zero attached hydrogens (tertiary/aromatic N) is 1. The van der Waals surface area contributed by atoms with Crippen molar-refractivity contribution in [2.24, 2.45) is 0 Å². The van der Waals surface area contributed by atoms with Crippen LogP contribution in [0.15, 0.2) is 127 Å². The second-order valence-electron chi connectivity index (χ2n) is 11.0. The van der Waals surface area contributed by atoms with Gasteiger partial charge in [0, 0.05) is 56.8 Å². The fraction of sp³-hybridized carbons (Fsp3) is 0. The van der Waals surface area contributed by atoms with Crippen LogP contribution in [0.1, 0.15) is 0 Å². The predicted molar refractivity (Wildman–Crippen MR) is 182 cm³/mol. The summed E-state index contributed by atoms with van der Waals surface area (Å²) in [5.41, 5.74) is 3.71. The highest BCUT2D eigenvalue weighted by molar-refractivity contribution is 7.26. The number of benzene rings is 7. The van der Waals surface area contributed by atoms with E-state index < -0.39 is 0 Å². The molecule has 3 aromatic heterocycles. The summed E-state index contributed by atoms with van der Waals surface area (Å²) in [6, 6.07) is 47.5. The zero-order valence-corrected chi connectivity index (χ0v) is 23.5. The molecule has 0 bridgehead atoms. The standard InChI is InChI=1S/C38H21NS2/c1-2-8-24-18-36-30(17-23(24)7-1)31-20-29-26-9-3-5-11-32(26)39(33(29)21-37(31)41-36)25-15-13-22-14-16-35-38(28(22)19-25)27-10-4-6-12-34(27)40-35/h1-21H. The molecule has 0 fully saturated rings. The number of hydrogen-bond donors (Lipinski definition) is 0. The van der Waals surface area contributed by atoms with Crippen molar-refractivity contribution in [3.63, 3.8) is 0 Å². The predicted octanol–water partition coefficient (Wildman–Crippen LogP) is 11.8. The third-order valence-electron chi connectivity index (χ3n) is 8.73. The van der Waals surface area contributed by atoms with Crippen molar-refractivity contribution >= 4 is 106 Å². The zero-order valence-electron chi connectivity index (χ0n) is 21.9. The molecular weight excluding hydrogens is 535 g/mol. The first-order chi connectivity index (χ1) is 20.3. The number of fused-ring (bicyclic) bond motifs is 12. The maximum atomic E-state index is 2.47. The second kappa shape index (κ2) is 7.94. The van der Waals surface area contributed by atoms with E-state index in [9.17, 15) is 0 Å². The summed E-state index contributed by atoms with van der Waals surface area (Å²) in [5, 5.41) is 13.2. The summed E-state index contributed by atoms with van der Waals surface area (Å²) >= 11 is 3.78. The molecular formula is C38H21NS2. The second-order valence-corrected chi connectivity index (χ2v) is 13.1. The van der Waals surface area contributed by atoms with Gasteiger partial charge < -0.3 is 4.57 Å². The van der Waals surface area contributed by atoms with Crippen molar-refractivity contribution in [2.45, 2.75) is 0 Å². The molecule has 0 aliphatic heterocycles. The molecule has 0 aliphatic rings. The topological polar surface area (TPSA) is 4.93 Å². The van der Waals surface area contributed by atoms with E-state index >= 15 is 0 Å². The Bertz CT molecular complexity index is 2700. The van der Waals surface area contributed by atoms with Crippen LogP contribution in [0.25, 0.3) is 89.4 Å².